The van der Waals surface area contributed by atoms with E-state index in [0.717, 1.165) is 11.3 Å². The largest absolute Gasteiger partial charge is 0.395 e. The Morgan fingerprint density at radius 2 is 2.19 bits per heavy atom. The van der Waals surface area contributed by atoms with Crippen LogP contribution < -0.4 is 5.32 Å². The zero-order valence-electron chi connectivity index (χ0n) is 10.9. The zero-order valence-corrected chi connectivity index (χ0v) is 11.7. The van der Waals surface area contributed by atoms with Gasteiger partial charge in [0.15, 0.2) is 0 Å². The molecule has 7 nitrogen and oxygen atoms in total. The molecule has 0 aliphatic heterocycles. The van der Waals surface area contributed by atoms with Crippen LogP contribution in [0.3, 0.4) is 0 Å². The lowest BCUT2D eigenvalue weighted by Crippen LogP contribution is -2.25. The monoisotopic (exact) mass is 306 g/mol. The fourth-order valence-electron chi connectivity index (χ4n) is 2.12. The number of hydrogen-bond donors (Lipinski definition) is 2. The smallest absolute Gasteiger partial charge is 0.261 e. The minimum atomic E-state index is -0.447. The van der Waals surface area contributed by atoms with Crippen molar-refractivity contribution in [3.8, 4) is 0 Å². The number of carbonyl (C=O) groups is 3. The van der Waals surface area contributed by atoms with Crippen molar-refractivity contribution in [3.63, 3.8) is 0 Å². The van der Waals surface area contributed by atoms with Crippen molar-refractivity contribution in [2.75, 3.05) is 13.2 Å². The lowest BCUT2D eigenvalue weighted by atomic mass is 9.93. The molecule has 2 aromatic rings. The number of aryl methyl sites for hydroxylation is 1. The number of hydrogen-bond acceptors (Lipinski definition) is 7. The molecule has 2 aromatic heterocycles. The molecule has 0 radical (unpaired) electrons. The molecule has 0 saturated heterocycles. The van der Waals surface area contributed by atoms with Crippen molar-refractivity contribution in [1.29, 1.82) is 0 Å². The van der Waals surface area contributed by atoms with Gasteiger partial charge in [0.1, 0.15) is 0 Å². The Kier molecular flexibility index (Phi) is 3.19. The van der Waals surface area contributed by atoms with Crippen LogP contribution in [0.1, 0.15) is 46.7 Å². The molecule has 0 aromatic carbocycles. The van der Waals surface area contributed by atoms with Crippen LogP contribution in [0.15, 0.2) is 10.6 Å². The fraction of sp³-hybridized carbons (Fsp3) is 0.231. The summed E-state index contributed by atoms with van der Waals surface area (Å²) >= 11 is 0.948. The molecule has 1 amide bonds. The van der Waals surface area contributed by atoms with Crippen molar-refractivity contribution < 1.29 is 24.0 Å². The summed E-state index contributed by atoms with van der Waals surface area (Å²) in [7, 11) is 0. The van der Waals surface area contributed by atoms with Gasteiger partial charge in [0.2, 0.25) is 17.3 Å². The maximum Gasteiger partial charge on any atom is 0.261 e. The summed E-state index contributed by atoms with van der Waals surface area (Å²) in [5.74, 6) is -1.32. The number of carbonyl (C=O) groups excluding carboxylic acids is 3. The van der Waals surface area contributed by atoms with Gasteiger partial charge in [0.05, 0.1) is 27.6 Å². The fourth-order valence-corrected chi connectivity index (χ4v) is 3.14. The van der Waals surface area contributed by atoms with Crippen LogP contribution in [0, 0.1) is 6.92 Å². The molecule has 3 rings (SSSR count). The molecule has 0 saturated carbocycles. The van der Waals surface area contributed by atoms with Crippen LogP contribution in [0.5, 0.6) is 0 Å². The number of aromatic nitrogens is 1. The van der Waals surface area contributed by atoms with E-state index in [9.17, 15) is 14.4 Å². The van der Waals surface area contributed by atoms with E-state index < -0.39 is 11.7 Å². The summed E-state index contributed by atoms with van der Waals surface area (Å²) in [4.78, 5) is 36.9. The summed E-state index contributed by atoms with van der Waals surface area (Å²) < 4.78 is 4.91. The molecule has 0 fully saturated rings. The van der Waals surface area contributed by atoms with Gasteiger partial charge in [-0.25, -0.2) is 0 Å². The Labute approximate surface area is 122 Å². The van der Waals surface area contributed by atoms with Gasteiger partial charge in [-0.15, -0.1) is 11.3 Å². The molecule has 21 heavy (non-hydrogen) atoms. The summed E-state index contributed by atoms with van der Waals surface area (Å²) in [6, 6.07) is 1.37. The average molecular weight is 306 g/mol. The molecule has 1 aliphatic carbocycles. The third-order valence-corrected chi connectivity index (χ3v) is 4.23. The first-order valence-corrected chi connectivity index (χ1v) is 6.94. The van der Waals surface area contributed by atoms with Gasteiger partial charge < -0.3 is 14.9 Å². The standard InChI is InChI=1S/C13H10N2O5S/c1-5-8-10(18)12-6(9(17)11(8)20-15-5)4-7(21-12)13(19)14-2-3-16/h4,16H,2-3H2,1H3,(H,14,19). The number of fused-ring (bicyclic) bond motifs is 2. The third kappa shape index (κ3) is 1.99. The van der Waals surface area contributed by atoms with E-state index in [4.69, 9.17) is 9.63 Å². The van der Waals surface area contributed by atoms with Gasteiger partial charge in [-0.2, -0.15) is 0 Å². The van der Waals surface area contributed by atoms with E-state index in [1.54, 1.807) is 6.92 Å². The normalized spacial score (nSPS) is 13.0. The quantitative estimate of drug-likeness (QED) is 0.731. The second-order valence-electron chi connectivity index (χ2n) is 4.46. The highest BCUT2D eigenvalue weighted by atomic mass is 32.1. The molecular weight excluding hydrogens is 296 g/mol. The van der Waals surface area contributed by atoms with E-state index in [2.05, 4.69) is 10.5 Å². The highest BCUT2D eigenvalue weighted by molar-refractivity contribution is 7.16. The van der Waals surface area contributed by atoms with Crippen LogP contribution in [-0.4, -0.2) is 40.9 Å². The van der Waals surface area contributed by atoms with Gasteiger partial charge in [-0.1, -0.05) is 5.16 Å². The van der Waals surface area contributed by atoms with Crippen LogP contribution in [0.25, 0.3) is 0 Å². The number of aliphatic hydroxyl groups excluding tert-OH is 1. The van der Waals surface area contributed by atoms with E-state index in [1.807, 2.05) is 0 Å². The van der Waals surface area contributed by atoms with Crippen LogP contribution >= 0.6 is 11.3 Å². The summed E-state index contributed by atoms with van der Waals surface area (Å²) in [5, 5.41) is 14.8. The number of nitrogens with zero attached hydrogens (tertiary/aromatic N) is 1. The summed E-state index contributed by atoms with van der Waals surface area (Å²) in [6.45, 7) is 1.50. The second kappa shape index (κ2) is 4.90. The molecule has 2 heterocycles. The third-order valence-electron chi connectivity index (χ3n) is 3.10. The Morgan fingerprint density at radius 3 is 2.90 bits per heavy atom. The molecular formula is C13H10N2O5S. The van der Waals surface area contributed by atoms with Gasteiger partial charge in [-0.3, -0.25) is 14.4 Å². The number of ketones is 2. The SMILES string of the molecule is Cc1noc2c1C(=O)c1sc(C(=O)NCCO)cc1C2=O. The maximum atomic E-state index is 12.4. The van der Waals surface area contributed by atoms with Gasteiger partial charge in [0.25, 0.3) is 5.91 Å². The lowest BCUT2D eigenvalue weighted by Gasteiger charge is -2.07. The molecule has 2 N–H and O–H groups in total. The Bertz CT molecular complexity index is 774. The molecule has 1 aliphatic rings. The average Bonchev–Trinajstić information content (AvgIpc) is 3.07. The molecule has 108 valence electrons. The van der Waals surface area contributed by atoms with Crippen LogP contribution in [-0.2, 0) is 0 Å². The molecule has 0 bridgehead atoms. The Morgan fingerprint density at radius 1 is 1.43 bits per heavy atom. The van der Waals surface area contributed by atoms with Crippen LogP contribution in [0.2, 0.25) is 0 Å². The minimum absolute atomic E-state index is 0.0786. The summed E-state index contributed by atoms with van der Waals surface area (Å²) in [6.07, 6.45) is 0. The van der Waals surface area contributed by atoms with E-state index in [-0.39, 0.29) is 45.6 Å². The van der Waals surface area contributed by atoms with Gasteiger partial charge in [-0.05, 0) is 13.0 Å². The number of thiophene rings is 1. The first-order valence-electron chi connectivity index (χ1n) is 6.13. The zero-order chi connectivity index (χ0) is 15.1. The van der Waals surface area contributed by atoms with Crippen LogP contribution in [0.4, 0.5) is 0 Å². The topological polar surface area (TPSA) is 110 Å². The van der Waals surface area contributed by atoms with Crippen molar-refractivity contribution in [2.45, 2.75) is 6.92 Å². The summed E-state index contributed by atoms with van der Waals surface area (Å²) in [5.41, 5.74) is 0.674. The van der Waals surface area contributed by atoms with Gasteiger partial charge >= 0.3 is 0 Å². The Hall–Kier alpha value is -2.32. The Balaban J connectivity index is 2.03. The molecule has 0 unspecified atom stereocenters. The van der Waals surface area contributed by atoms with Crippen molar-refractivity contribution >= 4 is 28.8 Å². The number of rotatable bonds is 3. The number of nitrogens with one attached hydrogen (secondary N) is 1. The highest BCUT2D eigenvalue weighted by Crippen LogP contribution is 2.34. The maximum absolute atomic E-state index is 12.4. The predicted molar refractivity (Wildman–Crippen MR) is 71.8 cm³/mol. The second-order valence-corrected chi connectivity index (χ2v) is 5.52. The van der Waals surface area contributed by atoms with E-state index in [0.29, 0.717) is 5.69 Å². The first kappa shape index (κ1) is 13.7. The van der Waals surface area contributed by atoms with E-state index in [1.165, 1.54) is 6.07 Å². The number of aliphatic hydroxyl groups is 1. The number of amides is 1. The highest BCUT2D eigenvalue weighted by Gasteiger charge is 2.37. The molecule has 0 atom stereocenters. The first-order chi connectivity index (χ1) is 10.0. The van der Waals surface area contributed by atoms with Crippen molar-refractivity contribution in [1.82, 2.24) is 10.5 Å². The predicted octanol–water partition coefficient (Wildman–Crippen LogP) is 0.542. The minimum Gasteiger partial charge on any atom is -0.395 e. The van der Waals surface area contributed by atoms with Gasteiger partial charge in [0, 0.05) is 12.1 Å². The van der Waals surface area contributed by atoms with Crippen molar-refractivity contribution in [3.05, 3.63) is 38.4 Å². The molecule has 0 spiro atoms. The lowest BCUT2D eigenvalue weighted by molar-refractivity contribution is 0.0948. The van der Waals surface area contributed by atoms with E-state index >= 15 is 0 Å². The van der Waals surface area contributed by atoms with Crippen molar-refractivity contribution in [2.24, 2.45) is 0 Å². The molecule has 8 heteroatoms.